The minimum atomic E-state index is -0.574. The van der Waals surface area contributed by atoms with Crippen LogP contribution in [-0.4, -0.2) is 12.0 Å². The lowest BCUT2D eigenvalue weighted by molar-refractivity contribution is -0.122. The zero-order valence-electron chi connectivity index (χ0n) is 17.1. The Balaban J connectivity index is 1.59. The van der Waals surface area contributed by atoms with E-state index in [1.54, 1.807) is 18.7 Å². The molecule has 3 rings (SSSR count). The fraction of sp³-hybridized carbons (Fsp3) is 0.240. The molecule has 0 saturated carbocycles. The number of aryl methyl sites for hydroxylation is 2. The summed E-state index contributed by atoms with van der Waals surface area (Å²) >= 11 is 1.80. The van der Waals surface area contributed by atoms with E-state index in [0.717, 1.165) is 34.7 Å². The summed E-state index contributed by atoms with van der Waals surface area (Å²) in [6.07, 6.45) is 0.293. The smallest absolute Gasteiger partial charge is 0.265 e. The number of hydrogen-bond donors (Lipinski definition) is 1. The second-order valence-corrected chi connectivity index (χ2v) is 8.01. The number of anilines is 1. The summed E-state index contributed by atoms with van der Waals surface area (Å²) < 4.78 is 5.91. The first-order valence-corrected chi connectivity index (χ1v) is 10.9. The number of nitrogens with one attached hydrogen (secondary N) is 1. The molecular weight excluding hydrogens is 378 g/mol. The second kappa shape index (κ2) is 10.2. The molecule has 0 aliphatic heterocycles. The summed E-state index contributed by atoms with van der Waals surface area (Å²) in [6.45, 7) is 5.88. The van der Waals surface area contributed by atoms with Crippen LogP contribution in [0, 0.1) is 6.92 Å². The summed E-state index contributed by atoms with van der Waals surface area (Å²) in [5.41, 5.74) is 4.20. The Bertz CT molecular complexity index is 956. The highest BCUT2D eigenvalue weighted by molar-refractivity contribution is 7.98. The molecule has 3 nitrogen and oxygen atoms in total. The van der Waals surface area contributed by atoms with E-state index in [0.29, 0.717) is 0 Å². The second-order valence-electron chi connectivity index (χ2n) is 6.96. The predicted octanol–water partition coefficient (Wildman–Crippen LogP) is 6.26. The van der Waals surface area contributed by atoms with Crippen LogP contribution in [0.3, 0.4) is 0 Å². The highest BCUT2D eigenvalue weighted by Crippen LogP contribution is 2.25. The van der Waals surface area contributed by atoms with Gasteiger partial charge in [0.05, 0.1) is 0 Å². The van der Waals surface area contributed by atoms with Crippen LogP contribution in [0.5, 0.6) is 5.75 Å². The normalized spacial score (nSPS) is 11.7. The Morgan fingerprint density at radius 2 is 1.76 bits per heavy atom. The molecular formula is C25H27NO2S. The molecule has 3 aromatic carbocycles. The number of benzene rings is 3. The highest BCUT2D eigenvalue weighted by atomic mass is 32.2. The Kier molecular flexibility index (Phi) is 7.36. The molecule has 1 amide bonds. The molecule has 0 bridgehead atoms. The summed E-state index contributed by atoms with van der Waals surface area (Å²) in [5.74, 6) is 1.51. The third-order valence-electron chi connectivity index (χ3n) is 4.72. The van der Waals surface area contributed by atoms with Gasteiger partial charge in [0.25, 0.3) is 5.91 Å². The first-order valence-electron chi connectivity index (χ1n) is 9.89. The van der Waals surface area contributed by atoms with Crippen molar-refractivity contribution in [3.63, 3.8) is 0 Å². The first kappa shape index (κ1) is 21.0. The highest BCUT2D eigenvalue weighted by Gasteiger charge is 2.17. The van der Waals surface area contributed by atoms with Crippen LogP contribution in [0.4, 0.5) is 5.69 Å². The van der Waals surface area contributed by atoms with Gasteiger partial charge in [-0.05, 0) is 61.2 Å². The molecule has 0 aliphatic carbocycles. The Labute approximate surface area is 177 Å². The van der Waals surface area contributed by atoms with Crippen LogP contribution >= 0.6 is 11.8 Å². The van der Waals surface area contributed by atoms with Crippen molar-refractivity contribution in [3.8, 4) is 5.75 Å². The number of carbonyl (C=O) groups excluding carboxylic acids is 1. The first-order chi connectivity index (χ1) is 14.1. The van der Waals surface area contributed by atoms with Crippen LogP contribution in [-0.2, 0) is 17.0 Å². The number of rotatable bonds is 8. The van der Waals surface area contributed by atoms with Crippen LogP contribution in [0.1, 0.15) is 30.5 Å². The van der Waals surface area contributed by atoms with E-state index in [9.17, 15) is 4.79 Å². The van der Waals surface area contributed by atoms with E-state index < -0.39 is 6.10 Å². The Hall–Kier alpha value is -2.72. The van der Waals surface area contributed by atoms with Gasteiger partial charge in [0.2, 0.25) is 0 Å². The van der Waals surface area contributed by atoms with Gasteiger partial charge in [-0.15, -0.1) is 11.8 Å². The number of thioether (sulfide) groups is 1. The maximum atomic E-state index is 12.6. The standard InChI is InChI=1S/C25H27NO2S/c1-4-21-10-8-9-13-24(21)28-19(3)25(27)26-23-15-14-20(16-18(23)2)17-29-22-11-6-5-7-12-22/h5-16,19H,4,17H2,1-3H3,(H,26,27). The van der Waals surface area contributed by atoms with E-state index >= 15 is 0 Å². The van der Waals surface area contributed by atoms with E-state index in [2.05, 4.69) is 36.5 Å². The van der Waals surface area contributed by atoms with Crippen molar-refractivity contribution >= 4 is 23.4 Å². The maximum Gasteiger partial charge on any atom is 0.265 e. The van der Waals surface area contributed by atoms with Crippen LogP contribution in [0.2, 0.25) is 0 Å². The van der Waals surface area contributed by atoms with Gasteiger partial charge in [-0.3, -0.25) is 4.79 Å². The lowest BCUT2D eigenvalue weighted by atomic mass is 10.1. The van der Waals surface area contributed by atoms with E-state index in [-0.39, 0.29) is 5.91 Å². The zero-order chi connectivity index (χ0) is 20.6. The third kappa shape index (κ3) is 5.88. The average molecular weight is 406 g/mol. The molecule has 0 saturated heterocycles. The Morgan fingerprint density at radius 1 is 1.03 bits per heavy atom. The number of ether oxygens (including phenoxy) is 1. The molecule has 3 aromatic rings. The van der Waals surface area contributed by atoms with Crippen molar-refractivity contribution in [2.75, 3.05) is 5.32 Å². The van der Waals surface area contributed by atoms with E-state index in [1.807, 2.05) is 55.5 Å². The molecule has 0 fully saturated rings. The van der Waals surface area contributed by atoms with Crippen molar-refractivity contribution in [1.29, 1.82) is 0 Å². The van der Waals surface area contributed by atoms with Gasteiger partial charge in [-0.1, -0.05) is 55.5 Å². The molecule has 0 aliphatic rings. The number of amides is 1. The summed E-state index contributed by atoms with van der Waals surface area (Å²) in [6, 6.07) is 24.4. The SMILES string of the molecule is CCc1ccccc1OC(C)C(=O)Nc1ccc(CSc2ccccc2)cc1C. The van der Waals surface area contributed by atoms with Gasteiger partial charge >= 0.3 is 0 Å². The topological polar surface area (TPSA) is 38.3 Å². The number of carbonyl (C=O) groups is 1. The third-order valence-corrected chi connectivity index (χ3v) is 5.81. The maximum absolute atomic E-state index is 12.6. The van der Waals surface area contributed by atoms with Crippen LogP contribution in [0.25, 0.3) is 0 Å². The molecule has 1 atom stereocenters. The molecule has 29 heavy (non-hydrogen) atoms. The van der Waals surface area contributed by atoms with E-state index in [1.165, 1.54) is 10.5 Å². The van der Waals surface area contributed by atoms with Crippen molar-refractivity contribution in [3.05, 3.63) is 89.5 Å². The van der Waals surface area contributed by atoms with Gasteiger partial charge in [0.15, 0.2) is 6.10 Å². The predicted molar refractivity (Wildman–Crippen MR) is 122 cm³/mol. The van der Waals surface area contributed by atoms with Gasteiger partial charge in [0.1, 0.15) is 5.75 Å². The number of hydrogen-bond acceptors (Lipinski definition) is 3. The minimum Gasteiger partial charge on any atom is -0.481 e. The zero-order valence-corrected chi connectivity index (χ0v) is 18.0. The van der Waals surface area contributed by atoms with Crippen molar-refractivity contribution in [1.82, 2.24) is 0 Å². The molecule has 0 aromatic heterocycles. The molecule has 150 valence electrons. The molecule has 1 N–H and O–H groups in total. The van der Waals surface area contributed by atoms with E-state index in [4.69, 9.17) is 4.74 Å². The molecule has 0 spiro atoms. The van der Waals surface area contributed by atoms with Crippen LogP contribution in [0.15, 0.2) is 77.7 Å². The fourth-order valence-electron chi connectivity index (χ4n) is 3.03. The minimum absolute atomic E-state index is 0.148. The largest absolute Gasteiger partial charge is 0.481 e. The fourth-order valence-corrected chi connectivity index (χ4v) is 3.89. The molecule has 4 heteroatoms. The Morgan fingerprint density at radius 3 is 2.48 bits per heavy atom. The van der Waals surface area contributed by atoms with Crippen molar-refractivity contribution in [2.45, 2.75) is 43.9 Å². The monoisotopic (exact) mass is 405 g/mol. The lowest BCUT2D eigenvalue weighted by Crippen LogP contribution is -2.30. The van der Waals surface area contributed by atoms with Crippen molar-refractivity contribution in [2.24, 2.45) is 0 Å². The van der Waals surface area contributed by atoms with Crippen molar-refractivity contribution < 1.29 is 9.53 Å². The molecule has 1 unspecified atom stereocenters. The summed E-state index contributed by atoms with van der Waals surface area (Å²) in [5, 5.41) is 3.00. The molecule has 0 heterocycles. The lowest BCUT2D eigenvalue weighted by Gasteiger charge is -2.18. The summed E-state index contributed by atoms with van der Waals surface area (Å²) in [7, 11) is 0. The van der Waals surface area contributed by atoms with Gasteiger partial charge < -0.3 is 10.1 Å². The van der Waals surface area contributed by atoms with Crippen LogP contribution < -0.4 is 10.1 Å². The van der Waals surface area contributed by atoms with Gasteiger partial charge in [-0.2, -0.15) is 0 Å². The summed E-state index contributed by atoms with van der Waals surface area (Å²) in [4.78, 5) is 13.9. The number of para-hydroxylation sites is 1. The molecule has 0 radical (unpaired) electrons. The average Bonchev–Trinajstić information content (AvgIpc) is 2.75. The van der Waals surface area contributed by atoms with Gasteiger partial charge in [0, 0.05) is 16.3 Å². The quantitative estimate of drug-likeness (QED) is 0.450. The van der Waals surface area contributed by atoms with Gasteiger partial charge in [-0.25, -0.2) is 0 Å².